The van der Waals surface area contributed by atoms with E-state index in [1.165, 1.54) is 19.2 Å². The number of aromatic hydroxyl groups is 2. The van der Waals surface area contributed by atoms with Gasteiger partial charge >= 0.3 is 5.97 Å². The van der Waals surface area contributed by atoms with Crippen LogP contribution in [0.3, 0.4) is 0 Å². The van der Waals surface area contributed by atoms with Crippen LogP contribution in [0.1, 0.15) is 33.6 Å². The number of aliphatic carboxylic acids is 1. The molecule has 1 fully saturated rings. The summed E-state index contributed by atoms with van der Waals surface area (Å²) in [6.45, 7) is 0.767. The van der Waals surface area contributed by atoms with E-state index in [4.69, 9.17) is 4.84 Å². The van der Waals surface area contributed by atoms with Gasteiger partial charge in [-0.1, -0.05) is 96.2 Å². The molecular formula is C40H35N7O8S2. The Morgan fingerprint density at radius 1 is 0.930 bits per heavy atom. The number of anilines is 1. The molecule has 17 heteroatoms. The van der Waals surface area contributed by atoms with E-state index in [9.17, 15) is 33.9 Å². The van der Waals surface area contributed by atoms with Crippen molar-refractivity contribution in [3.8, 4) is 11.5 Å². The van der Waals surface area contributed by atoms with Crippen LogP contribution in [0.15, 0.2) is 120 Å². The molecule has 15 nitrogen and oxygen atoms in total. The number of oxime groups is 1. The number of amides is 2. The van der Waals surface area contributed by atoms with Crippen molar-refractivity contribution in [3.05, 3.63) is 148 Å². The average molecular weight is 806 g/mol. The monoisotopic (exact) mass is 805 g/mol. The third-order valence-electron chi connectivity index (χ3n) is 10.1. The van der Waals surface area contributed by atoms with E-state index in [0.29, 0.717) is 18.2 Å². The normalized spacial score (nSPS) is 19.4. The molecule has 0 aliphatic carbocycles. The van der Waals surface area contributed by atoms with Crippen molar-refractivity contribution in [2.75, 3.05) is 24.7 Å². The number of aromatic nitrogens is 2. The van der Waals surface area contributed by atoms with Crippen LogP contribution >= 0.6 is 11.5 Å². The standard InChI is InChI=1S/C40H35N7O8S2/c1-55-44-31(34-42-39(56-45-34)43-40(26-11-5-2-6-12-26,27-13-7-3-8-14-27)28-15-9-4-10-16-28)35(50)41-32-36(51)47-33(38(52)53)25(22-57(54)37(32)47)21-46-19-23-17-29(48)30(49)18-24(23)20-46/h2-18,32,37,48-49H,19-22H2,1H3,(H,41,50)(H,52,53)(H,42,43,45)/b44-31-/t32-,37+,57?/m1/s1. The van der Waals surface area contributed by atoms with E-state index in [2.05, 4.69) is 25.1 Å². The Bertz CT molecular complexity index is 2330. The molecule has 5 N–H and O–H groups in total. The lowest BCUT2D eigenvalue weighted by molar-refractivity contribution is -0.150. The first-order valence-corrected chi connectivity index (χ1v) is 19.9. The number of hydrogen-bond acceptors (Lipinski definition) is 13. The van der Waals surface area contributed by atoms with Crippen molar-refractivity contribution >= 4 is 51.0 Å². The fourth-order valence-corrected chi connectivity index (χ4v) is 9.95. The quantitative estimate of drug-likeness (QED) is 0.0404. The number of benzene rings is 4. The van der Waals surface area contributed by atoms with Crippen molar-refractivity contribution in [2.24, 2.45) is 5.16 Å². The molecular weight excluding hydrogens is 771 g/mol. The molecule has 4 aromatic carbocycles. The first kappa shape index (κ1) is 37.5. The number of hydrogen-bond donors (Lipinski definition) is 5. The number of carbonyl (C=O) groups is 3. The van der Waals surface area contributed by atoms with Crippen molar-refractivity contribution in [3.63, 3.8) is 0 Å². The highest BCUT2D eigenvalue weighted by molar-refractivity contribution is 7.86. The molecule has 1 unspecified atom stereocenters. The maximum atomic E-state index is 13.8. The first-order chi connectivity index (χ1) is 27.6. The van der Waals surface area contributed by atoms with Crippen molar-refractivity contribution < 1.29 is 38.7 Å². The van der Waals surface area contributed by atoms with E-state index >= 15 is 0 Å². The molecule has 1 aromatic heterocycles. The minimum absolute atomic E-state index is 0.0771. The zero-order chi connectivity index (χ0) is 39.8. The first-order valence-electron chi connectivity index (χ1n) is 17.7. The molecule has 0 radical (unpaired) electrons. The fraction of sp³-hybridized carbons (Fsp3) is 0.200. The summed E-state index contributed by atoms with van der Waals surface area (Å²) < 4.78 is 18.1. The van der Waals surface area contributed by atoms with Crippen molar-refractivity contribution in [1.29, 1.82) is 0 Å². The Morgan fingerprint density at radius 3 is 1.98 bits per heavy atom. The number of rotatable bonds is 12. The zero-order valence-corrected chi connectivity index (χ0v) is 31.9. The average Bonchev–Trinajstić information content (AvgIpc) is 3.84. The third-order valence-corrected chi connectivity index (χ3v) is 12.4. The molecule has 0 saturated carbocycles. The summed E-state index contributed by atoms with van der Waals surface area (Å²) in [6.07, 6.45) is 0. The van der Waals surface area contributed by atoms with Gasteiger partial charge in [-0.05, 0) is 45.5 Å². The number of nitrogens with one attached hydrogen (secondary N) is 2. The van der Waals surface area contributed by atoms with Crippen LogP contribution < -0.4 is 10.6 Å². The smallest absolute Gasteiger partial charge is 0.352 e. The lowest BCUT2D eigenvalue weighted by atomic mass is 9.77. The summed E-state index contributed by atoms with van der Waals surface area (Å²) in [7, 11) is -0.549. The molecule has 57 heavy (non-hydrogen) atoms. The van der Waals surface area contributed by atoms with Crippen LogP contribution in [0.5, 0.6) is 11.5 Å². The highest BCUT2D eigenvalue weighted by Gasteiger charge is 2.57. The number of fused-ring (bicyclic) bond motifs is 2. The molecule has 290 valence electrons. The Hall–Kier alpha value is -6.43. The molecule has 8 rings (SSSR count). The molecule has 4 heterocycles. The lowest BCUT2D eigenvalue weighted by Crippen LogP contribution is -2.74. The van der Waals surface area contributed by atoms with Gasteiger partial charge in [0.25, 0.3) is 11.8 Å². The molecule has 3 aliphatic heterocycles. The van der Waals surface area contributed by atoms with E-state index in [-0.39, 0.29) is 46.6 Å². The predicted octanol–water partition coefficient (Wildman–Crippen LogP) is 3.47. The third kappa shape index (κ3) is 6.79. The maximum Gasteiger partial charge on any atom is 0.352 e. The summed E-state index contributed by atoms with van der Waals surface area (Å²) in [5.41, 5.74) is 2.97. The number of carboxylic acid groups (broad SMARTS) is 1. The summed E-state index contributed by atoms with van der Waals surface area (Å²) >= 11 is 0.991. The topological polar surface area (TPSA) is 207 Å². The second-order valence-electron chi connectivity index (χ2n) is 13.6. The summed E-state index contributed by atoms with van der Waals surface area (Å²) in [4.78, 5) is 52.5. The van der Waals surface area contributed by atoms with E-state index in [1.807, 2.05) is 95.9 Å². The lowest BCUT2D eigenvalue weighted by Gasteiger charge is -2.49. The number of nitrogens with zero attached hydrogens (tertiary/aromatic N) is 5. The van der Waals surface area contributed by atoms with Crippen LogP contribution in [0.2, 0.25) is 0 Å². The van der Waals surface area contributed by atoms with Gasteiger partial charge < -0.3 is 30.8 Å². The minimum atomic E-state index is -1.79. The Kier molecular flexibility index (Phi) is 10.0. The number of β-lactam (4-membered cyclic amide) rings is 1. The maximum absolute atomic E-state index is 13.8. The van der Waals surface area contributed by atoms with Crippen molar-refractivity contribution in [2.45, 2.75) is 30.0 Å². The number of phenols is 2. The van der Waals surface area contributed by atoms with Gasteiger partial charge in [0, 0.05) is 31.2 Å². The van der Waals surface area contributed by atoms with E-state index < -0.39 is 45.5 Å². The van der Waals surface area contributed by atoms with Gasteiger partial charge in [-0.3, -0.25) is 23.6 Å². The Morgan fingerprint density at radius 2 is 1.47 bits per heavy atom. The zero-order valence-electron chi connectivity index (χ0n) is 30.2. The van der Waals surface area contributed by atoms with E-state index in [0.717, 1.165) is 44.2 Å². The van der Waals surface area contributed by atoms with Crippen LogP contribution in [-0.2, 0) is 48.6 Å². The van der Waals surface area contributed by atoms with Gasteiger partial charge in [0.15, 0.2) is 11.5 Å². The number of carboxylic acids is 1. The van der Waals surface area contributed by atoms with Crippen LogP contribution in [0.25, 0.3) is 0 Å². The molecule has 2 amide bonds. The summed E-state index contributed by atoms with van der Waals surface area (Å²) in [5.74, 6) is -3.79. The van der Waals surface area contributed by atoms with Gasteiger partial charge in [0.1, 0.15) is 29.8 Å². The summed E-state index contributed by atoms with van der Waals surface area (Å²) in [6, 6.07) is 31.1. The van der Waals surface area contributed by atoms with Crippen molar-refractivity contribution in [1.82, 2.24) is 24.5 Å². The van der Waals surface area contributed by atoms with Gasteiger partial charge in [-0.2, -0.15) is 9.36 Å². The minimum Gasteiger partial charge on any atom is -0.504 e. The molecule has 5 aromatic rings. The van der Waals surface area contributed by atoms with Crippen LogP contribution in [-0.4, -0.2) is 93.0 Å². The second-order valence-corrected chi connectivity index (χ2v) is 15.9. The van der Waals surface area contributed by atoms with E-state index in [1.54, 1.807) is 0 Å². The molecule has 3 atom stereocenters. The highest BCUT2D eigenvalue weighted by Crippen LogP contribution is 2.41. The second kappa shape index (κ2) is 15.2. The predicted molar refractivity (Wildman–Crippen MR) is 210 cm³/mol. The van der Waals surface area contributed by atoms with Gasteiger partial charge in [-0.15, -0.1) is 0 Å². The Labute approximate surface area is 332 Å². The molecule has 1 saturated heterocycles. The largest absolute Gasteiger partial charge is 0.504 e. The van der Waals surface area contributed by atoms with Gasteiger partial charge in [0.05, 0.1) is 16.6 Å². The summed E-state index contributed by atoms with van der Waals surface area (Å²) in [5, 5.41) is 39.4. The number of phenolic OH excluding ortho intramolecular Hbond substituents is 2. The molecule has 0 bridgehead atoms. The highest BCUT2D eigenvalue weighted by atomic mass is 32.2. The SMILES string of the molecule is CO/N=C(\C(=O)N[C@@H]1C(=O)N2C(C(=O)O)=C(CN3Cc4cc(O)c(O)cc4C3)CS(=O)[C@@H]12)c1nsc(NC(c2ccccc2)(c2ccccc2)c2ccccc2)n1. The molecule has 0 spiro atoms. The van der Waals surface area contributed by atoms with Gasteiger partial charge in [-0.25, -0.2) is 4.79 Å². The number of carbonyl (C=O) groups excluding carboxylic acids is 2. The molecule has 3 aliphatic rings. The Balaban J connectivity index is 1.03. The van der Waals surface area contributed by atoms with Crippen LogP contribution in [0, 0.1) is 0 Å². The van der Waals surface area contributed by atoms with Crippen LogP contribution in [0.4, 0.5) is 5.13 Å². The fourth-order valence-electron chi connectivity index (χ4n) is 7.65. The van der Waals surface area contributed by atoms with Gasteiger partial charge in [0.2, 0.25) is 16.7 Å².